The number of ether oxygens (including phenoxy) is 2. The van der Waals surface area contributed by atoms with E-state index >= 15 is 0 Å². The van der Waals surface area contributed by atoms with Gasteiger partial charge in [-0.15, -0.1) is 13.2 Å². The topological polar surface area (TPSA) is 99.6 Å². The molecule has 0 saturated carbocycles. The number of para-hydroxylation sites is 1. The van der Waals surface area contributed by atoms with E-state index in [9.17, 15) is 19.5 Å². The molecule has 3 aliphatic rings. The molecule has 2 aromatic rings. The molecule has 3 fully saturated rings. The zero-order valence-electron chi connectivity index (χ0n) is 25.3. The molecule has 9 nitrogen and oxygen atoms in total. The number of halogens is 1. The van der Waals surface area contributed by atoms with Crippen LogP contribution in [0.3, 0.4) is 0 Å². The van der Waals surface area contributed by atoms with Gasteiger partial charge in [-0.3, -0.25) is 14.4 Å². The van der Waals surface area contributed by atoms with Crippen molar-refractivity contribution in [2.75, 3.05) is 42.6 Å². The van der Waals surface area contributed by atoms with Gasteiger partial charge in [0.2, 0.25) is 11.8 Å². The van der Waals surface area contributed by atoms with E-state index in [1.54, 1.807) is 53.5 Å². The van der Waals surface area contributed by atoms with Gasteiger partial charge in [-0.2, -0.15) is 0 Å². The van der Waals surface area contributed by atoms with E-state index in [0.29, 0.717) is 41.6 Å². The molecule has 5 atom stereocenters. The minimum atomic E-state index is -1.22. The fourth-order valence-electron chi connectivity index (χ4n) is 7.33. The zero-order chi connectivity index (χ0) is 31.6. The minimum Gasteiger partial charge on any atom is -0.494 e. The van der Waals surface area contributed by atoms with E-state index in [1.807, 2.05) is 26.0 Å². The second kappa shape index (κ2) is 12.8. The normalized spacial score (nSPS) is 26.8. The highest BCUT2D eigenvalue weighted by atomic mass is 35.5. The quantitative estimate of drug-likeness (QED) is 0.328. The lowest BCUT2D eigenvalue weighted by Gasteiger charge is -2.37. The summed E-state index contributed by atoms with van der Waals surface area (Å²) < 4.78 is 12.4. The lowest BCUT2D eigenvalue weighted by Crippen LogP contribution is -2.56. The van der Waals surface area contributed by atoms with E-state index in [4.69, 9.17) is 21.1 Å². The summed E-state index contributed by atoms with van der Waals surface area (Å²) in [6.45, 7) is 12.4. The summed E-state index contributed by atoms with van der Waals surface area (Å²) in [5.74, 6) is -1.97. The number of carbonyl (C=O) groups excluding carboxylic acids is 3. The van der Waals surface area contributed by atoms with Crippen molar-refractivity contribution in [2.24, 2.45) is 11.8 Å². The van der Waals surface area contributed by atoms with E-state index < -0.39 is 29.1 Å². The number of aliphatic hydroxyl groups excluding tert-OH is 1. The van der Waals surface area contributed by atoms with Gasteiger partial charge in [-0.05, 0) is 69.5 Å². The molecular formula is C34H40ClN3O6. The highest BCUT2D eigenvalue weighted by Gasteiger charge is 2.78. The molecule has 2 aromatic carbocycles. The molecule has 1 spiro atoms. The van der Waals surface area contributed by atoms with E-state index in [2.05, 4.69) is 13.2 Å². The van der Waals surface area contributed by atoms with Crippen molar-refractivity contribution in [3.05, 3.63) is 78.9 Å². The summed E-state index contributed by atoms with van der Waals surface area (Å²) in [6.07, 6.45) is 4.47. The smallest absolute Gasteiger partial charge is 0.253 e. The minimum absolute atomic E-state index is 0.144. The summed E-state index contributed by atoms with van der Waals surface area (Å²) in [4.78, 5) is 48.2. The van der Waals surface area contributed by atoms with Crippen LogP contribution in [0, 0.1) is 11.8 Å². The van der Waals surface area contributed by atoms with Crippen LogP contribution in [0.5, 0.6) is 5.75 Å². The maximum absolute atomic E-state index is 14.6. The first kappa shape index (κ1) is 31.8. The van der Waals surface area contributed by atoms with Crippen molar-refractivity contribution in [1.82, 2.24) is 4.90 Å². The number of anilines is 2. The van der Waals surface area contributed by atoms with Gasteiger partial charge in [0.1, 0.15) is 17.4 Å². The van der Waals surface area contributed by atoms with E-state index in [0.717, 1.165) is 0 Å². The number of amides is 3. The third-order valence-electron chi connectivity index (χ3n) is 9.09. The Labute approximate surface area is 263 Å². The van der Waals surface area contributed by atoms with Gasteiger partial charge < -0.3 is 29.3 Å². The number of nitrogens with zero attached hydrogens (tertiary/aromatic N) is 3. The van der Waals surface area contributed by atoms with Gasteiger partial charge in [-0.1, -0.05) is 35.9 Å². The fraction of sp³-hybridized carbons (Fsp3) is 0.441. The zero-order valence-corrected chi connectivity index (χ0v) is 26.0. The van der Waals surface area contributed by atoms with Crippen molar-refractivity contribution in [2.45, 2.75) is 50.4 Å². The molecule has 234 valence electrons. The summed E-state index contributed by atoms with van der Waals surface area (Å²) in [7, 11) is 0. The van der Waals surface area contributed by atoms with Crippen molar-refractivity contribution < 1.29 is 29.0 Å². The van der Waals surface area contributed by atoms with Crippen molar-refractivity contribution in [3.8, 4) is 5.75 Å². The van der Waals surface area contributed by atoms with Crippen LogP contribution in [0.25, 0.3) is 0 Å². The number of rotatable bonds is 13. The second-order valence-electron chi connectivity index (χ2n) is 11.7. The van der Waals surface area contributed by atoms with Crippen molar-refractivity contribution in [1.29, 1.82) is 0 Å². The molecule has 0 aromatic heterocycles. The average molecular weight is 622 g/mol. The van der Waals surface area contributed by atoms with Gasteiger partial charge in [0.05, 0.1) is 34.8 Å². The van der Waals surface area contributed by atoms with Crippen LogP contribution >= 0.6 is 11.6 Å². The maximum atomic E-state index is 14.6. The highest BCUT2D eigenvalue weighted by molar-refractivity contribution is 6.34. The van der Waals surface area contributed by atoms with Crippen LogP contribution in [0.15, 0.2) is 73.8 Å². The number of hydrogen-bond donors (Lipinski definition) is 1. The van der Waals surface area contributed by atoms with Crippen LogP contribution in [0.4, 0.5) is 11.4 Å². The second-order valence-corrected chi connectivity index (χ2v) is 12.1. The van der Waals surface area contributed by atoms with Crippen LogP contribution in [-0.2, 0) is 19.1 Å². The monoisotopic (exact) mass is 621 g/mol. The van der Waals surface area contributed by atoms with Gasteiger partial charge in [0, 0.05) is 31.9 Å². The molecule has 3 aliphatic heterocycles. The largest absolute Gasteiger partial charge is 0.494 e. The Kier molecular flexibility index (Phi) is 9.20. The van der Waals surface area contributed by atoms with Gasteiger partial charge in [0.15, 0.2) is 0 Å². The van der Waals surface area contributed by atoms with Crippen molar-refractivity contribution in [3.63, 3.8) is 0 Å². The number of hydrogen-bond acceptors (Lipinski definition) is 6. The third kappa shape index (κ3) is 5.21. The fourth-order valence-corrected chi connectivity index (χ4v) is 7.56. The molecule has 3 amide bonds. The summed E-state index contributed by atoms with van der Waals surface area (Å²) in [6, 6.07) is 13.2. The molecule has 5 rings (SSSR count). The Balaban J connectivity index is 1.57. The lowest BCUT2D eigenvalue weighted by atomic mass is 9.66. The molecule has 0 aliphatic carbocycles. The number of carbonyl (C=O) groups is 3. The van der Waals surface area contributed by atoms with Crippen LogP contribution in [-0.4, -0.2) is 77.8 Å². The molecule has 3 saturated heterocycles. The van der Waals surface area contributed by atoms with E-state index in [-0.39, 0.29) is 50.4 Å². The lowest BCUT2D eigenvalue weighted by molar-refractivity contribution is -0.144. The Bertz CT molecular complexity index is 1430. The number of likely N-dealkylation sites (tertiary alicyclic amines) is 1. The number of fused-ring (bicyclic) bond motifs is 1. The van der Waals surface area contributed by atoms with Gasteiger partial charge in [-0.25, -0.2) is 0 Å². The van der Waals surface area contributed by atoms with Gasteiger partial charge >= 0.3 is 0 Å². The predicted octanol–water partition coefficient (Wildman–Crippen LogP) is 4.62. The SMILES string of the molecule is C=CCN(C(=O)[C@@H]1[C@H]2C(=O)N(CCCO)C(C(=O)N(CC=C)c3ccccc3Cl)C23CC[C@@]1(C)O3)c1ccc(OCC)cc1. The summed E-state index contributed by atoms with van der Waals surface area (Å²) >= 11 is 6.54. The maximum Gasteiger partial charge on any atom is 0.253 e. The average Bonchev–Trinajstić information content (AvgIpc) is 3.58. The first-order valence-electron chi connectivity index (χ1n) is 15.1. The van der Waals surface area contributed by atoms with Gasteiger partial charge in [0.25, 0.3) is 5.91 Å². The number of aliphatic hydroxyl groups is 1. The molecule has 10 heteroatoms. The molecule has 3 heterocycles. The summed E-state index contributed by atoms with van der Waals surface area (Å²) in [5.41, 5.74) is -1.05. The first-order chi connectivity index (χ1) is 21.2. The Hall–Kier alpha value is -3.66. The molecule has 2 unspecified atom stereocenters. The highest BCUT2D eigenvalue weighted by Crippen LogP contribution is 2.63. The first-order valence-corrected chi connectivity index (χ1v) is 15.5. The van der Waals surface area contributed by atoms with E-state index in [1.165, 1.54) is 9.80 Å². The van der Waals surface area contributed by atoms with Crippen molar-refractivity contribution >= 4 is 40.7 Å². The molecular weight excluding hydrogens is 582 g/mol. The Morgan fingerprint density at radius 3 is 2.41 bits per heavy atom. The molecule has 2 bridgehead atoms. The third-order valence-corrected chi connectivity index (χ3v) is 9.41. The van der Waals surface area contributed by atoms with Crippen LogP contribution in [0.2, 0.25) is 5.02 Å². The molecule has 1 N–H and O–H groups in total. The summed E-state index contributed by atoms with van der Waals surface area (Å²) in [5, 5.41) is 10.1. The Morgan fingerprint density at radius 1 is 1.09 bits per heavy atom. The molecule has 44 heavy (non-hydrogen) atoms. The number of benzene rings is 2. The molecule has 0 radical (unpaired) electrons. The van der Waals surface area contributed by atoms with Crippen LogP contribution in [0.1, 0.15) is 33.1 Å². The standard InChI is InChI=1S/C34H40ClN3O6/c1-5-19-36(23-13-15-24(16-14-23)43-7-3)30(40)27-28-31(41)38(21-10-22-39)29(34(28)18-17-33(27,4)44-34)32(42)37(20-6-2)26-12-9-8-11-25(26)35/h5-6,8-9,11-16,27-29,39H,1-2,7,10,17-22H2,3-4H3/t27-,28-,29?,33+,34?/m0/s1. The Morgan fingerprint density at radius 2 is 1.77 bits per heavy atom. The predicted molar refractivity (Wildman–Crippen MR) is 170 cm³/mol. The van der Waals surface area contributed by atoms with Crippen LogP contribution < -0.4 is 14.5 Å².